The Morgan fingerprint density at radius 2 is 2.56 bits per heavy atom. The molecule has 0 unspecified atom stereocenters. The van der Waals surface area contributed by atoms with Crippen LogP contribution < -0.4 is 0 Å². The fraction of sp³-hybridized carbons (Fsp3) is 0.667. The van der Waals surface area contributed by atoms with Crippen molar-refractivity contribution in [2.75, 3.05) is 0 Å². The Bertz CT molecular complexity index is 145. The molecule has 1 aromatic rings. The number of aryl methyl sites for hydroxylation is 1. The molecule has 0 amide bonds. The largest absolute Gasteiger partial charge is 0.265 e. The molecule has 1 N–H and O–H groups in total. The summed E-state index contributed by atoms with van der Waals surface area (Å²) in [5, 5.41) is 10.1. The quantitative estimate of drug-likeness (QED) is 0.658. The topological polar surface area (TPSA) is 41.6 Å². The number of rotatable bonds is 3. The number of hydrogen-bond donors (Lipinski definition) is 1. The Morgan fingerprint density at radius 1 is 1.67 bits per heavy atom. The van der Waals surface area contributed by atoms with Crippen molar-refractivity contribution < 1.29 is 0 Å². The lowest BCUT2D eigenvalue weighted by molar-refractivity contribution is 0.770. The minimum Gasteiger partial charge on any atom is -0.265 e. The van der Waals surface area contributed by atoms with Crippen molar-refractivity contribution >= 4 is 0 Å². The van der Waals surface area contributed by atoms with Gasteiger partial charge in [-0.05, 0) is 12.8 Å². The Balaban J connectivity index is 2.30. The summed E-state index contributed by atoms with van der Waals surface area (Å²) in [6.07, 6.45) is 5.31. The smallest absolute Gasteiger partial charge is 0.0824 e. The molecular formula is C6H11N3. The van der Waals surface area contributed by atoms with Crippen molar-refractivity contribution in [3.63, 3.8) is 0 Å². The van der Waals surface area contributed by atoms with Crippen molar-refractivity contribution in [3.05, 3.63) is 11.9 Å². The maximum atomic E-state index is 3.85. The van der Waals surface area contributed by atoms with E-state index in [1.54, 1.807) is 0 Å². The van der Waals surface area contributed by atoms with Crippen LogP contribution >= 0.6 is 0 Å². The van der Waals surface area contributed by atoms with Gasteiger partial charge >= 0.3 is 0 Å². The van der Waals surface area contributed by atoms with Crippen LogP contribution in [-0.4, -0.2) is 15.4 Å². The molecule has 9 heavy (non-hydrogen) atoms. The molecular weight excluding hydrogens is 114 g/mol. The van der Waals surface area contributed by atoms with E-state index in [0.29, 0.717) is 0 Å². The second-order valence-corrected chi connectivity index (χ2v) is 2.07. The van der Waals surface area contributed by atoms with E-state index in [9.17, 15) is 0 Å². The number of H-pyrrole nitrogens is 1. The summed E-state index contributed by atoms with van der Waals surface area (Å²) in [7, 11) is 0. The minimum atomic E-state index is 1.05. The highest BCUT2D eigenvalue weighted by Gasteiger charge is 1.91. The predicted molar refractivity (Wildman–Crippen MR) is 35.0 cm³/mol. The third-order valence-corrected chi connectivity index (χ3v) is 1.25. The lowest BCUT2D eigenvalue weighted by atomic mass is 10.2. The lowest BCUT2D eigenvalue weighted by Crippen LogP contribution is -1.83. The first-order chi connectivity index (χ1) is 4.43. The Labute approximate surface area is 54.5 Å². The van der Waals surface area contributed by atoms with E-state index in [2.05, 4.69) is 22.3 Å². The zero-order valence-corrected chi connectivity index (χ0v) is 5.59. The van der Waals surface area contributed by atoms with E-state index in [1.165, 1.54) is 12.8 Å². The van der Waals surface area contributed by atoms with Crippen molar-refractivity contribution in [3.8, 4) is 0 Å². The van der Waals surface area contributed by atoms with Crippen molar-refractivity contribution in [2.45, 2.75) is 26.2 Å². The normalized spacial score (nSPS) is 9.89. The third-order valence-electron chi connectivity index (χ3n) is 1.25. The standard InChI is InChI=1S/C6H11N3/c1-2-3-4-6-5-7-9-8-6/h5H,2-4H2,1H3,(H,7,8,9). The Morgan fingerprint density at radius 3 is 3.11 bits per heavy atom. The van der Waals surface area contributed by atoms with Crippen LogP contribution in [0.1, 0.15) is 25.5 Å². The molecule has 0 radical (unpaired) electrons. The number of aromatic amines is 1. The average Bonchev–Trinajstić information content (AvgIpc) is 2.34. The van der Waals surface area contributed by atoms with E-state index < -0.39 is 0 Å². The molecule has 0 aliphatic heterocycles. The van der Waals surface area contributed by atoms with Gasteiger partial charge in [-0.2, -0.15) is 0 Å². The molecule has 0 aromatic carbocycles. The molecule has 0 fully saturated rings. The molecule has 0 aliphatic rings. The molecule has 0 saturated carbocycles. The fourth-order valence-electron chi connectivity index (χ4n) is 0.705. The van der Waals surface area contributed by atoms with Crippen LogP contribution in [0.5, 0.6) is 0 Å². The second kappa shape index (κ2) is 3.22. The predicted octanol–water partition coefficient (Wildman–Crippen LogP) is 1.15. The summed E-state index contributed by atoms with van der Waals surface area (Å²) >= 11 is 0. The summed E-state index contributed by atoms with van der Waals surface area (Å²) in [5.41, 5.74) is 1.07. The SMILES string of the molecule is CCCCc1c[nH]nn1. The highest BCUT2D eigenvalue weighted by Crippen LogP contribution is 1.96. The molecule has 3 nitrogen and oxygen atoms in total. The summed E-state index contributed by atoms with van der Waals surface area (Å²) < 4.78 is 0. The fourth-order valence-corrected chi connectivity index (χ4v) is 0.705. The summed E-state index contributed by atoms with van der Waals surface area (Å²) in [6.45, 7) is 2.17. The van der Waals surface area contributed by atoms with Crippen LogP contribution in [0.2, 0.25) is 0 Å². The molecule has 1 rings (SSSR count). The summed E-state index contributed by atoms with van der Waals surface area (Å²) in [5.74, 6) is 0. The van der Waals surface area contributed by atoms with Gasteiger partial charge in [0.1, 0.15) is 0 Å². The first-order valence-electron chi connectivity index (χ1n) is 3.29. The number of nitrogens with one attached hydrogen (secondary N) is 1. The lowest BCUT2D eigenvalue weighted by Gasteiger charge is -1.87. The zero-order chi connectivity index (χ0) is 6.53. The number of unbranched alkanes of at least 4 members (excludes halogenated alkanes) is 1. The van der Waals surface area contributed by atoms with Crippen molar-refractivity contribution in [1.29, 1.82) is 0 Å². The summed E-state index contributed by atoms with van der Waals surface area (Å²) in [4.78, 5) is 0. The van der Waals surface area contributed by atoms with E-state index in [1.807, 2.05) is 6.20 Å². The number of nitrogens with zero attached hydrogens (tertiary/aromatic N) is 2. The van der Waals surface area contributed by atoms with Crippen LogP contribution in [0.15, 0.2) is 6.20 Å². The van der Waals surface area contributed by atoms with Gasteiger partial charge in [-0.25, -0.2) is 0 Å². The molecule has 0 aliphatic carbocycles. The molecule has 0 bridgehead atoms. The van der Waals surface area contributed by atoms with E-state index in [0.717, 1.165) is 12.1 Å². The van der Waals surface area contributed by atoms with Gasteiger partial charge in [-0.15, -0.1) is 5.10 Å². The summed E-state index contributed by atoms with van der Waals surface area (Å²) in [6, 6.07) is 0. The van der Waals surface area contributed by atoms with E-state index in [4.69, 9.17) is 0 Å². The molecule has 50 valence electrons. The number of aromatic nitrogens is 3. The number of hydrogen-bond acceptors (Lipinski definition) is 2. The Hall–Kier alpha value is -0.860. The maximum Gasteiger partial charge on any atom is 0.0824 e. The Kier molecular flexibility index (Phi) is 2.24. The minimum absolute atomic E-state index is 1.05. The van der Waals surface area contributed by atoms with Gasteiger partial charge < -0.3 is 0 Å². The molecule has 3 heteroatoms. The van der Waals surface area contributed by atoms with Crippen LogP contribution in [0.25, 0.3) is 0 Å². The van der Waals surface area contributed by atoms with Gasteiger partial charge in [-0.1, -0.05) is 18.6 Å². The van der Waals surface area contributed by atoms with Gasteiger partial charge in [0.25, 0.3) is 0 Å². The molecule has 0 atom stereocenters. The van der Waals surface area contributed by atoms with Crippen molar-refractivity contribution in [1.82, 2.24) is 15.4 Å². The van der Waals surface area contributed by atoms with Gasteiger partial charge in [0.2, 0.25) is 0 Å². The third kappa shape index (κ3) is 1.83. The van der Waals surface area contributed by atoms with E-state index >= 15 is 0 Å². The monoisotopic (exact) mass is 125 g/mol. The van der Waals surface area contributed by atoms with Gasteiger partial charge in [-0.3, -0.25) is 5.10 Å². The van der Waals surface area contributed by atoms with Crippen LogP contribution in [0.3, 0.4) is 0 Å². The molecule has 0 spiro atoms. The van der Waals surface area contributed by atoms with Crippen LogP contribution in [0, 0.1) is 0 Å². The highest BCUT2D eigenvalue weighted by molar-refractivity contribution is 4.89. The van der Waals surface area contributed by atoms with Gasteiger partial charge in [0, 0.05) is 6.20 Å². The second-order valence-electron chi connectivity index (χ2n) is 2.07. The highest BCUT2D eigenvalue weighted by atomic mass is 15.3. The molecule has 0 saturated heterocycles. The molecule has 1 aromatic heterocycles. The van der Waals surface area contributed by atoms with Crippen molar-refractivity contribution in [2.24, 2.45) is 0 Å². The maximum absolute atomic E-state index is 3.85. The van der Waals surface area contributed by atoms with Gasteiger partial charge in [0.05, 0.1) is 5.69 Å². The first kappa shape index (κ1) is 6.26. The zero-order valence-electron chi connectivity index (χ0n) is 5.59. The average molecular weight is 125 g/mol. The van der Waals surface area contributed by atoms with Crippen LogP contribution in [0.4, 0.5) is 0 Å². The van der Waals surface area contributed by atoms with E-state index in [-0.39, 0.29) is 0 Å². The van der Waals surface area contributed by atoms with Crippen LogP contribution in [-0.2, 0) is 6.42 Å². The van der Waals surface area contributed by atoms with Gasteiger partial charge in [0.15, 0.2) is 0 Å². The first-order valence-corrected chi connectivity index (χ1v) is 3.29. The molecule has 1 heterocycles.